The van der Waals surface area contributed by atoms with Crippen LogP contribution in [0.25, 0.3) is 0 Å². The largest absolute Gasteiger partial charge is 0.348 e. The van der Waals surface area contributed by atoms with Crippen LogP contribution in [0.15, 0.2) is 39.6 Å². The van der Waals surface area contributed by atoms with Crippen LogP contribution in [0.5, 0.6) is 0 Å². The zero-order chi connectivity index (χ0) is 8.97. The van der Waals surface area contributed by atoms with Crippen molar-refractivity contribution in [3.63, 3.8) is 0 Å². The molecule has 0 aliphatic heterocycles. The summed E-state index contributed by atoms with van der Waals surface area (Å²) in [5.41, 5.74) is -1.01. The number of hydrogen-bond donors (Lipinski definition) is 1. The molecule has 1 rings (SSSR count). The van der Waals surface area contributed by atoms with Crippen LogP contribution in [0.3, 0.4) is 0 Å². The summed E-state index contributed by atoms with van der Waals surface area (Å²) in [6.45, 7) is 3.39. The van der Waals surface area contributed by atoms with E-state index < -0.39 is 11.2 Å². The smallest absolute Gasteiger partial charge is 0.272 e. The SMILES string of the molecule is C=CC=Nn1ccc(=O)[nH]c1=O. The fraction of sp³-hybridized carbons (Fsp3) is 0. The van der Waals surface area contributed by atoms with Gasteiger partial charge in [0.1, 0.15) is 0 Å². The van der Waals surface area contributed by atoms with E-state index in [2.05, 4.69) is 16.7 Å². The number of hydrogen-bond acceptors (Lipinski definition) is 3. The molecule has 0 atom stereocenters. The molecule has 0 radical (unpaired) electrons. The normalized spacial score (nSPS) is 10.3. The molecule has 0 bridgehead atoms. The van der Waals surface area contributed by atoms with Gasteiger partial charge in [-0.2, -0.15) is 9.78 Å². The summed E-state index contributed by atoms with van der Waals surface area (Å²) < 4.78 is 1.00. The highest BCUT2D eigenvalue weighted by Crippen LogP contribution is 1.71. The highest BCUT2D eigenvalue weighted by Gasteiger charge is 1.89. The first-order valence-electron chi connectivity index (χ1n) is 3.21. The molecule has 1 heterocycles. The van der Waals surface area contributed by atoms with Gasteiger partial charge in [0.15, 0.2) is 0 Å². The summed E-state index contributed by atoms with van der Waals surface area (Å²) >= 11 is 0. The van der Waals surface area contributed by atoms with Gasteiger partial charge in [0.25, 0.3) is 5.56 Å². The molecule has 12 heavy (non-hydrogen) atoms. The molecule has 0 fully saturated rings. The Hall–Kier alpha value is -1.91. The lowest BCUT2D eigenvalue weighted by Crippen LogP contribution is -2.26. The van der Waals surface area contributed by atoms with Gasteiger partial charge in [-0.3, -0.25) is 9.78 Å². The molecule has 5 heteroatoms. The fourth-order valence-electron chi connectivity index (χ4n) is 0.620. The average Bonchev–Trinajstić information content (AvgIpc) is 2.03. The molecule has 1 N–H and O–H groups in total. The Morgan fingerprint density at radius 3 is 2.92 bits per heavy atom. The monoisotopic (exact) mass is 165 g/mol. The summed E-state index contributed by atoms with van der Waals surface area (Å²) in [6.07, 6.45) is 4.05. The first-order chi connectivity index (χ1) is 5.74. The molecule has 0 aliphatic carbocycles. The standard InChI is InChI=1S/C7H7N3O2/c1-2-4-8-10-5-3-6(11)9-7(10)12/h2-5H,1H2,(H,9,11,12). The van der Waals surface area contributed by atoms with Gasteiger partial charge in [0, 0.05) is 18.5 Å². The second-order valence-electron chi connectivity index (χ2n) is 1.95. The maximum atomic E-state index is 10.9. The molecule has 5 nitrogen and oxygen atoms in total. The van der Waals surface area contributed by atoms with Gasteiger partial charge in [-0.1, -0.05) is 6.58 Å². The number of nitrogens with one attached hydrogen (secondary N) is 1. The van der Waals surface area contributed by atoms with E-state index in [0.717, 1.165) is 4.68 Å². The maximum Gasteiger partial charge on any atom is 0.348 e. The van der Waals surface area contributed by atoms with Crippen LogP contribution in [0.2, 0.25) is 0 Å². The van der Waals surface area contributed by atoms with Crippen LogP contribution in [0.1, 0.15) is 0 Å². The Kier molecular flexibility index (Phi) is 2.37. The van der Waals surface area contributed by atoms with Crippen LogP contribution in [0, 0.1) is 0 Å². The van der Waals surface area contributed by atoms with E-state index in [0.29, 0.717) is 0 Å². The van der Waals surface area contributed by atoms with Gasteiger partial charge in [-0.05, 0) is 6.08 Å². The quantitative estimate of drug-likeness (QED) is 0.603. The minimum absolute atomic E-state index is 0.440. The van der Waals surface area contributed by atoms with Crippen molar-refractivity contribution in [1.82, 2.24) is 9.66 Å². The lowest BCUT2D eigenvalue weighted by molar-refractivity contribution is 0.779. The third-order valence-corrected chi connectivity index (χ3v) is 1.10. The van der Waals surface area contributed by atoms with Crippen LogP contribution >= 0.6 is 0 Å². The lowest BCUT2D eigenvalue weighted by atomic mass is 10.7. The zero-order valence-electron chi connectivity index (χ0n) is 6.23. The van der Waals surface area contributed by atoms with E-state index in [1.165, 1.54) is 24.6 Å². The van der Waals surface area contributed by atoms with Crippen molar-refractivity contribution in [3.8, 4) is 0 Å². The van der Waals surface area contributed by atoms with Crippen LogP contribution < -0.4 is 11.2 Å². The number of aromatic amines is 1. The lowest BCUT2D eigenvalue weighted by Gasteiger charge is -1.92. The molecule has 0 amide bonds. The molecular formula is C7H7N3O2. The van der Waals surface area contributed by atoms with E-state index in [1.807, 2.05) is 0 Å². The molecule has 0 unspecified atom stereocenters. The van der Waals surface area contributed by atoms with Gasteiger partial charge >= 0.3 is 5.69 Å². The number of allylic oxidation sites excluding steroid dienone is 1. The number of rotatable bonds is 2. The molecule has 62 valence electrons. The summed E-state index contributed by atoms with van der Waals surface area (Å²) in [5, 5.41) is 3.66. The molecule has 1 aromatic rings. The van der Waals surface area contributed by atoms with E-state index in [9.17, 15) is 9.59 Å². The third kappa shape index (κ3) is 1.79. The molecule has 0 saturated heterocycles. The topological polar surface area (TPSA) is 67.2 Å². The van der Waals surface area contributed by atoms with E-state index in [1.54, 1.807) is 0 Å². The summed E-state index contributed by atoms with van der Waals surface area (Å²) in [5.74, 6) is 0. The number of nitrogens with zero attached hydrogens (tertiary/aromatic N) is 2. The highest BCUT2D eigenvalue weighted by atomic mass is 16.2. The zero-order valence-corrected chi connectivity index (χ0v) is 6.23. The molecular weight excluding hydrogens is 158 g/mol. The summed E-state index contributed by atoms with van der Waals surface area (Å²) in [7, 11) is 0. The van der Waals surface area contributed by atoms with Crippen molar-refractivity contribution in [2.45, 2.75) is 0 Å². The van der Waals surface area contributed by atoms with Gasteiger partial charge in [0.2, 0.25) is 0 Å². The second-order valence-corrected chi connectivity index (χ2v) is 1.95. The van der Waals surface area contributed by atoms with Crippen molar-refractivity contribution < 1.29 is 0 Å². The van der Waals surface area contributed by atoms with E-state index in [-0.39, 0.29) is 0 Å². The van der Waals surface area contributed by atoms with E-state index in [4.69, 9.17) is 0 Å². The molecule has 0 saturated carbocycles. The predicted molar refractivity (Wildman–Crippen MR) is 45.4 cm³/mol. The van der Waals surface area contributed by atoms with Gasteiger partial charge in [-0.25, -0.2) is 4.79 Å². The van der Waals surface area contributed by atoms with Crippen LogP contribution in [-0.4, -0.2) is 15.9 Å². The molecule has 0 aromatic carbocycles. The number of aromatic nitrogens is 2. The fourth-order valence-corrected chi connectivity index (χ4v) is 0.620. The first kappa shape index (κ1) is 8.19. The number of H-pyrrole nitrogens is 1. The Balaban J connectivity index is 3.19. The van der Waals surface area contributed by atoms with Crippen molar-refractivity contribution in [1.29, 1.82) is 0 Å². The first-order valence-corrected chi connectivity index (χ1v) is 3.21. The Morgan fingerprint density at radius 2 is 2.33 bits per heavy atom. The van der Waals surface area contributed by atoms with E-state index >= 15 is 0 Å². The Bertz CT molecular complexity index is 413. The van der Waals surface area contributed by atoms with Crippen LogP contribution in [0.4, 0.5) is 0 Å². The molecule has 0 spiro atoms. The van der Waals surface area contributed by atoms with Crippen LogP contribution in [-0.2, 0) is 0 Å². The Labute approximate surface area is 67.7 Å². The summed E-state index contributed by atoms with van der Waals surface area (Å²) in [4.78, 5) is 23.5. The predicted octanol–water partition coefficient (Wildman–Crippen LogP) is -0.443. The van der Waals surface area contributed by atoms with Gasteiger partial charge < -0.3 is 0 Å². The average molecular weight is 165 g/mol. The third-order valence-electron chi connectivity index (χ3n) is 1.10. The minimum Gasteiger partial charge on any atom is -0.272 e. The van der Waals surface area contributed by atoms with Crippen molar-refractivity contribution in [3.05, 3.63) is 45.8 Å². The van der Waals surface area contributed by atoms with Crippen molar-refractivity contribution in [2.24, 2.45) is 5.10 Å². The van der Waals surface area contributed by atoms with Crippen molar-refractivity contribution in [2.75, 3.05) is 0 Å². The second kappa shape index (κ2) is 3.47. The maximum absolute atomic E-state index is 10.9. The summed E-state index contributed by atoms with van der Waals surface area (Å²) in [6, 6.07) is 1.21. The van der Waals surface area contributed by atoms with Gasteiger partial charge in [-0.15, -0.1) is 0 Å². The van der Waals surface area contributed by atoms with Crippen molar-refractivity contribution >= 4 is 6.21 Å². The van der Waals surface area contributed by atoms with Gasteiger partial charge in [0.05, 0.1) is 0 Å². The minimum atomic E-state index is -0.569. The highest BCUT2D eigenvalue weighted by molar-refractivity contribution is 5.69. The molecule has 0 aliphatic rings. The Morgan fingerprint density at radius 1 is 1.58 bits per heavy atom. The molecule has 1 aromatic heterocycles.